The standard InChI is InChI=1S/C22H21N5O4/c1-2-27-22(31)17-11-7-6-10-16(17)20(26-27)21(30)25-24-19(29)14-23-18(28)13-12-15-8-4-3-5-9-15/h3-13H,2,14H2,1H3,(H,23,28)(H,24,29)(H,25,30)/b13-12+. The Morgan fingerprint density at radius 1 is 0.968 bits per heavy atom. The van der Waals surface area contributed by atoms with Gasteiger partial charge >= 0.3 is 0 Å². The zero-order valence-electron chi connectivity index (χ0n) is 16.8. The second-order valence-electron chi connectivity index (χ2n) is 6.48. The molecule has 3 rings (SSSR count). The topological polar surface area (TPSA) is 122 Å². The minimum atomic E-state index is -0.679. The second-order valence-corrected chi connectivity index (χ2v) is 6.48. The molecule has 0 spiro atoms. The van der Waals surface area contributed by atoms with E-state index >= 15 is 0 Å². The monoisotopic (exact) mass is 419 g/mol. The van der Waals surface area contributed by atoms with E-state index in [0.717, 1.165) is 5.56 Å². The van der Waals surface area contributed by atoms with Crippen molar-refractivity contribution >= 4 is 34.6 Å². The van der Waals surface area contributed by atoms with Gasteiger partial charge in [-0.3, -0.25) is 30.0 Å². The van der Waals surface area contributed by atoms with Crippen molar-refractivity contribution in [2.45, 2.75) is 13.5 Å². The van der Waals surface area contributed by atoms with Crippen molar-refractivity contribution in [1.29, 1.82) is 0 Å². The van der Waals surface area contributed by atoms with Crippen LogP contribution in [0.25, 0.3) is 16.8 Å². The van der Waals surface area contributed by atoms with Gasteiger partial charge in [0.25, 0.3) is 17.4 Å². The summed E-state index contributed by atoms with van der Waals surface area (Å²) in [6, 6.07) is 15.8. The van der Waals surface area contributed by atoms with E-state index in [1.165, 1.54) is 10.8 Å². The number of hydrazine groups is 1. The molecule has 0 aliphatic rings. The van der Waals surface area contributed by atoms with Gasteiger partial charge in [-0.1, -0.05) is 48.5 Å². The molecule has 0 fully saturated rings. The second kappa shape index (κ2) is 9.97. The zero-order valence-corrected chi connectivity index (χ0v) is 16.8. The lowest BCUT2D eigenvalue weighted by Crippen LogP contribution is -2.46. The summed E-state index contributed by atoms with van der Waals surface area (Å²) < 4.78 is 1.18. The van der Waals surface area contributed by atoms with E-state index in [1.807, 2.05) is 30.3 Å². The number of carbonyl (C=O) groups is 3. The Morgan fingerprint density at radius 3 is 2.35 bits per heavy atom. The average Bonchev–Trinajstić information content (AvgIpc) is 2.81. The van der Waals surface area contributed by atoms with Gasteiger partial charge in [0.05, 0.1) is 11.9 Å². The number of aryl methyl sites for hydroxylation is 1. The lowest BCUT2D eigenvalue weighted by atomic mass is 10.1. The van der Waals surface area contributed by atoms with Crippen LogP contribution in [0.15, 0.2) is 65.5 Å². The first kappa shape index (κ1) is 21.4. The highest BCUT2D eigenvalue weighted by molar-refractivity contribution is 6.05. The summed E-state index contributed by atoms with van der Waals surface area (Å²) in [5.41, 5.74) is 5.03. The number of aromatic nitrogens is 2. The Hall–Kier alpha value is -4.27. The van der Waals surface area contributed by atoms with Crippen LogP contribution >= 0.6 is 0 Å². The van der Waals surface area contributed by atoms with E-state index < -0.39 is 17.7 Å². The van der Waals surface area contributed by atoms with Crippen molar-refractivity contribution in [3.63, 3.8) is 0 Å². The van der Waals surface area contributed by atoms with E-state index in [4.69, 9.17) is 0 Å². The molecule has 3 N–H and O–H groups in total. The minimum Gasteiger partial charge on any atom is -0.343 e. The largest absolute Gasteiger partial charge is 0.343 e. The Morgan fingerprint density at radius 2 is 1.65 bits per heavy atom. The van der Waals surface area contributed by atoms with Gasteiger partial charge in [-0.2, -0.15) is 5.10 Å². The molecular formula is C22H21N5O4. The number of nitrogens with one attached hydrogen (secondary N) is 3. The normalized spacial score (nSPS) is 10.7. The summed E-state index contributed by atoms with van der Waals surface area (Å²) in [7, 11) is 0. The maximum Gasteiger partial charge on any atom is 0.290 e. The fourth-order valence-corrected chi connectivity index (χ4v) is 2.81. The smallest absolute Gasteiger partial charge is 0.290 e. The number of rotatable bonds is 6. The van der Waals surface area contributed by atoms with Gasteiger partial charge in [0.1, 0.15) is 0 Å². The van der Waals surface area contributed by atoms with E-state index in [2.05, 4.69) is 21.3 Å². The van der Waals surface area contributed by atoms with Crippen LogP contribution in [0.1, 0.15) is 23.0 Å². The fraction of sp³-hybridized carbons (Fsp3) is 0.136. The van der Waals surface area contributed by atoms with Gasteiger partial charge in [0.15, 0.2) is 5.69 Å². The molecule has 1 aromatic heterocycles. The van der Waals surface area contributed by atoms with Gasteiger partial charge in [0.2, 0.25) is 5.91 Å². The quantitative estimate of drug-likeness (QED) is 0.407. The lowest BCUT2D eigenvalue weighted by Gasteiger charge is -2.11. The van der Waals surface area contributed by atoms with Crippen LogP contribution in [0.2, 0.25) is 0 Å². The summed E-state index contributed by atoms with van der Waals surface area (Å²) in [4.78, 5) is 48.7. The first-order valence-corrected chi connectivity index (χ1v) is 9.59. The van der Waals surface area contributed by atoms with Crippen LogP contribution in [0.3, 0.4) is 0 Å². The third-order valence-corrected chi connectivity index (χ3v) is 4.35. The summed E-state index contributed by atoms with van der Waals surface area (Å²) in [5, 5.41) is 7.24. The summed E-state index contributed by atoms with van der Waals surface area (Å²) in [6.07, 6.45) is 2.93. The van der Waals surface area contributed by atoms with Crippen LogP contribution in [0, 0.1) is 0 Å². The Kier molecular flexibility index (Phi) is 6.89. The van der Waals surface area contributed by atoms with Crippen LogP contribution in [-0.4, -0.2) is 34.0 Å². The third kappa shape index (κ3) is 5.41. The third-order valence-electron chi connectivity index (χ3n) is 4.35. The van der Waals surface area contributed by atoms with Crippen molar-refractivity contribution in [3.05, 3.63) is 82.3 Å². The molecule has 0 aliphatic carbocycles. The number of amides is 3. The van der Waals surface area contributed by atoms with Gasteiger partial charge in [-0.15, -0.1) is 0 Å². The number of benzene rings is 2. The highest BCUT2D eigenvalue weighted by Gasteiger charge is 2.16. The number of hydrogen-bond acceptors (Lipinski definition) is 5. The molecule has 0 radical (unpaired) electrons. The van der Waals surface area contributed by atoms with Crippen LogP contribution in [0.5, 0.6) is 0 Å². The number of carbonyl (C=O) groups excluding carboxylic acids is 3. The first-order valence-electron chi connectivity index (χ1n) is 9.59. The van der Waals surface area contributed by atoms with Gasteiger partial charge in [-0.05, 0) is 24.6 Å². The van der Waals surface area contributed by atoms with Crippen LogP contribution in [0.4, 0.5) is 0 Å². The molecule has 158 valence electrons. The van der Waals surface area contributed by atoms with Crippen molar-refractivity contribution in [2.75, 3.05) is 6.54 Å². The van der Waals surface area contributed by atoms with Crippen molar-refractivity contribution < 1.29 is 14.4 Å². The summed E-state index contributed by atoms with van der Waals surface area (Å²) >= 11 is 0. The minimum absolute atomic E-state index is 0.00665. The molecule has 0 bridgehead atoms. The zero-order chi connectivity index (χ0) is 22.2. The van der Waals surface area contributed by atoms with Crippen molar-refractivity contribution in [3.8, 4) is 0 Å². The molecule has 31 heavy (non-hydrogen) atoms. The molecule has 0 aliphatic heterocycles. The highest BCUT2D eigenvalue weighted by Crippen LogP contribution is 2.12. The maximum absolute atomic E-state index is 12.5. The lowest BCUT2D eigenvalue weighted by molar-refractivity contribution is -0.124. The molecule has 1 heterocycles. The van der Waals surface area contributed by atoms with E-state index in [9.17, 15) is 19.2 Å². The number of fused-ring (bicyclic) bond motifs is 1. The predicted octanol–water partition coefficient (Wildman–Crippen LogP) is 1.01. The molecular weight excluding hydrogens is 398 g/mol. The molecule has 0 atom stereocenters. The molecule has 0 saturated carbocycles. The molecule has 9 heteroatoms. The van der Waals surface area contributed by atoms with Gasteiger partial charge < -0.3 is 5.32 Å². The number of nitrogens with zero attached hydrogens (tertiary/aromatic N) is 2. The molecule has 3 aromatic rings. The first-order chi connectivity index (χ1) is 15.0. The average molecular weight is 419 g/mol. The van der Waals surface area contributed by atoms with Crippen LogP contribution in [-0.2, 0) is 16.1 Å². The number of hydrogen-bond donors (Lipinski definition) is 3. The van der Waals surface area contributed by atoms with Gasteiger partial charge in [-0.25, -0.2) is 4.68 Å². The van der Waals surface area contributed by atoms with Crippen molar-refractivity contribution in [2.24, 2.45) is 0 Å². The molecule has 9 nitrogen and oxygen atoms in total. The Balaban J connectivity index is 1.58. The predicted molar refractivity (Wildman–Crippen MR) is 116 cm³/mol. The maximum atomic E-state index is 12.5. The fourth-order valence-electron chi connectivity index (χ4n) is 2.81. The summed E-state index contributed by atoms with van der Waals surface area (Å²) in [5.74, 6) is -1.75. The summed E-state index contributed by atoms with van der Waals surface area (Å²) in [6.45, 7) is 1.70. The van der Waals surface area contributed by atoms with E-state index in [1.54, 1.807) is 37.3 Å². The molecule has 0 saturated heterocycles. The molecule has 0 unspecified atom stereocenters. The van der Waals surface area contributed by atoms with E-state index in [-0.39, 0.29) is 17.8 Å². The van der Waals surface area contributed by atoms with E-state index in [0.29, 0.717) is 17.3 Å². The SMILES string of the molecule is CCn1nc(C(=O)NNC(=O)CNC(=O)/C=C/c2ccccc2)c2ccccc2c1=O. The van der Waals surface area contributed by atoms with Gasteiger partial charge in [0, 0.05) is 18.0 Å². The highest BCUT2D eigenvalue weighted by atomic mass is 16.2. The van der Waals surface area contributed by atoms with Crippen LogP contribution < -0.4 is 21.7 Å². The molecule has 3 amide bonds. The van der Waals surface area contributed by atoms with Crippen molar-refractivity contribution in [1.82, 2.24) is 25.9 Å². The molecule has 2 aromatic carbocycles. The Bertz CT molecular complexity index is 1200. The Labute approximate surface area is 177 Å².